The van der Waals surface area contributed by atoms with E-state index in [0.29, 0.717) is 17.4 Å². The summed E-state index contributed by atoms with van der Waals surface area (Å²) in [6.45, 7) is 4.24. The van der Waals surface area contributed by atoms with Crippen LogP contribution < -0.4 is 0 Å². The van der Waals surface area contributed by atoms with Crippen LogP contribution >= 0.6 is 7.82 Å². The first-order valence-electron chi connectivity index (χ1n) is 39.9. The second-order valence-corrected chi connectivity index (χ2v) is 29.1. The molecule has 96 heavy (non-hydrogen) atoms. The number of ether oxygens (including phenoxy) is 2. The number of carbonyl (C=O) groups is 2. The average Bonchev–Trinajstić information content (AvgIpc) is 2.54. The number of phosphoric ester groups is 1. The van der Waals surface area contributed by atoms with Crippen molar-refractivity contribution >= 4 is 19.8 Å². The van der Waals surface area contributed by atoms with Crippen LogP contribution in [0.15, 0.2) is 134 Å². The highest BCUT2D eigenvalue weighted by atomic mass is 31.2. The van der Waals surface area contributed by atoms with Crippen LogP contribution in [0.3, 0.4) is 0 Å². The Morgan fingerprint density at radius 2 is 0.562 bits per heavy atom. The van der Waals surface area contributed by atoms with Gasteiger partial charge in [-0.05, 0) is 109 Å². The van der Waals surface area contributed by atoms with Crippen molar-refractivity contribution in [3.63, 3.8) is 0 Å². The largest absolute Gasteiger partial charge is 0.472 e. The van der Waals surface area contributed by atoms with Crippen LogP contribution in [0.4, 0.5) is 0 Å². The maximum Gasteiger partial charge on any atom is 0.472 e. The van der Waals surface area contributed by atoms with Gasteiger partial charge in [-0.1, -0.05) is 359 Å². The fraction of sp³-hybridized carbons (Fsp3) is 0.721. The van der Waals surface area contributed by atoms with Crippen molar-refractivity contribution in [2.45, 2.75) is 354 Å². The number of hydrogen-bond donors (Lipinski definition) is 1. The van der Waals surface area contributed by atoms with Crippen LogP contribution in [-0.4, -0.2) is 74.9 Å². The molecule has 0 aromatic rings. The number of rotatable bonds is 73. The zero-order valence-electron chi connectivity index (χ0n) is 63.1. The SMILES string of the molecule is CC/C=C\C/C=C\C/C=C\C/C=C\C/C=C\C/C=C\CCCCCCCCCCCCCCCCCCCCCCCCC(=O)OC(COC(=O)CCCCCCCCCCCCCCCCC/C=C\C/C=C\C/C=C\C/C=C\C/C=C\CC)COP(=O)(O)OCC[N+](C)(C)C. The van der Waals surface area contributed by atoms with Crippen molar-refractivity contribution < 1.29 is 42.1 Å². The number of quaternary nitrogens is 1. The molecule has 0 amide bonds. The summed E-state index contributed by atoms with van der Waals surface area (Å²) >= 11 is 0. The highest BCUT2D eigenvalue weighted by molar-refractivity contribution is 7.47. The van der Waals surface area contributed by atoms with E-state index in [1.165, 1.54) is 212 Å². The standard InChI is InChI=1S/C86H150NO8P/c1-6-8-10-12-14-16-18-20-22-24-26-28-30-32-34-36-38-39-40-41-42-43-44-45-46-47-49-51-53-55-57-59-61-63-65-67-69-71-73-75-77-79-86(89)95-84(83-94-96(90,91)93-81-80-87(3,4)5)82-92-85(88)78-76-74-72-70-68-66-64-62-60-58-56-54-52-50-48-37-35-33-31-29-27-25-23-21-19-17-15-13-11-9-7-2/h8-11,14-17,20-23,26-29,32-35,38-39,84H,6-7,12-13,18-19,24-25,30-31,36-37,40-83H2,1-5H3/p+1/b10-8-,11-9-,16-14-,17-15-,22-20-,23-21-,28-26-,29-27-,34-32-,35-33-,39-38-. The Labute approximate surface area is 593 Å². The predicted molar refractivity (Wildman–Crippen MR) is 417 cm³/mol. The molecule has 0 aromatic heterocycles. The molecular formula is C86H151NO8P+. The van der Waals surface area contributed by atoms with E-state index < -0.39 is 26.5 Å². The van der Waals surface area contributed by atoms with E-state index in [-0.39, 0.29) is 32.0 Å². The zero-order valence-corrected chi connectivity index (χ0v) is 64.0. The summed E-state index contributed by atoms with van der Waals surface area (Å²) in [4.78, 5) is 36.0. The molecule has 0 rings (SSSR count). The first kappa shape index (κ1) is 92.2. The third-order valence-electron chi connectivity index (χ3n) is 17.2. The van der Waals surface area contributed by atoms with Crippen LogP contribution in [0.2, 0.25) is 0 Å². The summed E-state index contributed by atoms with van der Waals surface area (Å²) in [5, 5.41) is 0. The molecule has 0 aliphatic rings. The summed E-state index contributed by atoms with van der Waals surface area (Å²) in [7, 11) is 1.48. The highest BCUT2D eigenvalue weighted by Crippen LogP contribution is 2.43. The third kappa shape index (κ3) is 79.1. The van der Waals surface area contributed by atoms with Gasteiger partial charge in [-0.3, -0.25) is 18.6 Å². The van der Waals surface area contributed by atoms with Gasteiger partial charge in [0.2, 0.25) is 0 Å². The highest BCUT2D eigenvalue weighted by Gasteiger charge is 2.27. The number of hydrogen-bond acceptors (Lipinski definition) is 7. The normalized spacial score (nSPS) is 13.8. The molecule has 0 aliphatic heterocycles. The Balaban J connectivity index is 3.95. The quantitative estimate of drug-likeness (QED) is 0.0211. The molecule has 0 heterocycles. The first-order chi connectivity index (χ1) is 47.0. The summed E-state index contributed by atoms with van der Waals surface area (Å²) in [5.74, 6) is -0.786. The molecule has 10 heteroatoms. The minimum absolute atomic E-state index is 0.0295. The van der Waals surface area contributed by atoms with Gasteiger partial charge in [-0.2, -0.15) is 0 Å². The third-order valence-corrected chi connectivity index (χ3v) is 18.2. The van der Waals surface area contributed by atoms with E-state index in [4.69, 9.17) is 18.5 Å². The molecule has 0 bridgehead atoms. The molecule has 552 valence electrons. The lowest BCUT2D eigenvalue weighted by Crippen LogP contribution is -2.37. The summed E-state index contributed by atoms with van der Waals surface area (Å²) in [5.41, 5.74) is 0. The fourth-order valence-corrected chi connectivity index (χ4v) is 11.9. The molecule has 0 saturated heterocycles. The van der Waals surface area contributed by atoms with Crippen LogP contribution in [0.25, 0.3) is 0 Å². The second-order valence-electron chi connectivity index (χ2n) is 27.7. The number of likely N-dealkylation sites (N-methyl/N-ethyl adjacent to an activating group) is 1. The minimum atomic E-state index is -4.40. The lowest BCUT2D eigenvalue weighted by molar-refractivity contribution is -0.870. The average molecular weight is 1360 g/mol. The van der Waals surface area contributed by atoms with Gasteiger partial charge in [0.25, 0.3) is 0 Å². The number of allylic oxidation sites excluding steroid dienone is 22. The molecule has 1 N–H and O–H groups in total. The van der Waals surface area contributed by atoms with Crippen molar-refractivity contribution in [2.24, 2.45) is 0 Å². The first-order valence-corrected chi connectivity index (χ1v) is 41.4. The molecular weight excluding hydrogens is 1210 g/mol. The molecule has 0 aliphatic carbocycles. The van der Waals surface area contributed by atoms with E-state index in [1.807, 2.05) is 21.1 Å². The monoisotopic (exact) mass is 1360 g/mol. The van der Waals surface area contributed by atoms with Crippen molar-refractivity contribution in [3.05, 3.63) is 134 Å². The van der Waals surface area contributed by atoms with Crippen LogP contribution in [-0.2, 0) is 32.7 Å². The van der Waals surface area contributed by atoms with Gasteiger partial charge in [0.05, 0.1) is 27.7 Å². The maximum absolute atomic E-state index is 12.9. The topological polar surface area (TPSA) is 108 Å². The molecule has 0 aromatic carbocycles. The Morgan fingerprint density at radius 1 is 0.323 bits per heavy atom. The van der Waals surface area contributed by atoms with Gasteiger partial charge in [-0.15, -0.1) is 0 Å². The molecule has 0 spiro atoms. The number of phosphoric acid groups is 1. The van der Waals surface area contributed by atoms with E-state index >= 15 is 0 Å². The molecule has 0 saturated carbocycles. The molecule has 9 nitrogen and oxygen atoms in total. The Hall–Kier alpha value is -3.85. The van der Waals surface area contributed by atoms with Crippen LogP contribution in [0, 0.1) is 0 Å². The molecule has 2 unspecified atom stereocenters. The van der Waals surface area contributed by atoms with Crippen molar-refractivity contribution in [3.8, 4) is 0 Å². The predicted octanol–water partition coefficient (Wildman–Crippen LogP) is 26.7. The summed E-state index contributed by atoms with van der Waals surface area (Å²) in [6.07, 6.45) is 110. The molecule has 0 radical (unpaired) electrons. The van der Waals surface area contributed by atoms with Crippen molar-refractivity contribution in [1.82, 2.24) is 0 Å². The number of carbonyl (C=O) groups excluding carboxylic acids is 2. The number of esters is 2. The lowest BCUT2D eigenvalue weighted by atomic mass is 10.0. The minimum Gasteiger partial charge on any atom is -0.462 e. The summed E-state index contributed by atoms with van der Waals surface area (Å²) < 4.78 is 34.8. The number of unbranched alkanes of at least 4 members (excludes halogenated alkanes) is 37. The van der Waals surface area contributed by atoms with E-state index in [9.17, 15) is 19.0 Å². The van der Waals surface area contributed by atoms with Gasteiger partial charge in [0, 0.05) is 12.8 Å². The van der Waals surface area contributed by atoms with E-state index in [2.05, 4.69) is 148 Å². The van der Waals surface area contributed by atoms with Gasteiger partial charge < -0.3 is 18.9 Å². The van der Waals surface area contributed by atoms with Crippen LogP contribution in [0.5, 0.6) is 0 Å². The van der Waals surface area contributed by atoms with Crippen LogP contribution in [0.1, 0.15) is 348 Å². The van der Waals surface area contributed by atoms with Crippen molar-refractivity contribution in [2.75, 3.05) is 47.5 Å². The Bertz CT molecular complexity index is 2090. The second kappa shape index (κ2) is 75.4. The Kier molecular flexibility index (Phi) is 72.3. The van der Waals surface area contributed by atoms with E-state index in [0.717, 1.165) is 103 Å². The Morgan fingerprint density at radius 3 is 0.833 bits per heavy atom. The van der Waals surface area contributed by atoms with Gasteiger partial charge in [0.1, 0.15) is 19.8 Å². The van der Waals surface area contributed by atoms with Gasteiger partial charge in [0.15, 0.2) is 6.10 Å². The van der Waals surface area contributed by atoms with Gasteiger partial charge in [-0.25, -0.2) is 4.57 Å². The fourth-order valence-electron chi connectivity index (χ4n) is 11.2. The zero-order chi connectivity index (χ0) is 69.7. The molecule has 2 atom stereocenters. The van der Waals surface area contributed by atoms with E-state index in [1.54, 1.807) is 0 Å². The maximum atomic E-state index is 12.9. The number of nitrogens with zero attached hydrogens (tertiary/aromatic N) is 1. The van der Waals surface area contributed by atoms with Gasteiger partial charge >= 0.3 is 19.8 Å². The smallest absolute Gasteiger partial charge is 0.462 e. The summed E-state index contributed by atoms with van der Waals surface area (Å²) in [6, 6.07) is 0. The molecule has 0 fully saturated rings. The van der Waals surface area contributed by atoms with Crippen molar-refractivity contribution in [1.29, 1.82) is 0 Å². The lowest BCUT2D eigenvalue weighted by Gasteiger charge is -2.24.